The third-order valence-corrected chi connectivity index (χ3v) is 4.73. The molecular formula is C17H27ClN4OS2. The van der Waals surface area contributed by atoms with Crippen molar-refractivity contribution in [3.05, 3.63) is 24.3 Å². The summed E-state index contributed by atoms with van der Waals surface area (Å²) in [6, 6.07) is 7.48. The predicted molar refractivity (Wildman–Crippen MR) is 116 cm³/mol. The van der Waals surface area contributed by atoms with Gasteiger partial charge in [0.15, 0.2) is 5.17 Å². The second-order valence-electron chi connectivity index (χ2n) is 6.81. The number of thiocarbonyl (C=S) groups is 1. The van der Waals surface area contributed by atoms with Crippen LogP contribution in [-0.4, -0.2) is 53.4 Å². The number of carbonyl (C=O) groups is 1. The molecule has 5 nitrogen and oxygen atoms in total. The van der Waals surface area contributed by atoms with Crippen molar-refractivity contribution in [2.45, 2.75) is 20.8 Å². The molecule has 1 rings (SSSR count). The molecule has 0 aliphatic carbocycles. The highest BCUT2D eigenvalue weighted by atomic mass is 35.5. The van der Waals surface area contributed by atoms with E-state index in [0.717, 1.165) is 20.9 Å². The maximum Gasteiger partial charge on any atom is 0.229 e. The molecule has 0 aliphatic heterocycles. The molecule has 0 radical (unpaired) electrons. The molecule has 0 spiro atoms. The SMILES string of the molecule is CN(C)C(=S)SC(=Nc1cccc(NC(=O)C(C)(C)C)c1)N(C)C.Cl. The molecule has 0 heterocycles. The first-order valence-corrected chi connectivity index (χ1v) is 8.80. The predicted octanol–water partition coefficient (Wildman–Crippen LogP) is 4.22. The molecule has 8 heteroatoms. The standard InChI is InChI=1S/C17H26N4OS2.ClH/c1-17(2,3)14(22)18-12-9-8-10-13(11-12)19-15(20(4)5)24-16(23)21(6)7;/h8-11H,1-7H3,(H,18,22);1H. The van der Waals surface area contributed by atoms with Crippen LogP contribution in [0.25, 0.3) is 0 Å². The molecule has 0 saturated heterocycles. The first kappa shape index (κ1) is 23.7. The number of aliphatic imine (C=N–C) groups is 1. The molecule has 0 saturated carbocycles. The fourth-order valence-corrected chi connectivity index (χ4v) is 2.36. The summed E-state index contributed by atoms with van der Waals surface area (Å²) in [4.78, 5) is 20.6. The highest BCUT2D eigenvalue weighted by Gasteiger charge is 2.21. The number of rotatable bonds is 2. The van der Waals surface area contributed by atoms with E-state index in [-0.39, 0.29) is 18.3 Å². The number of amidine groups is 1. The lowest BCUT2D eigenvalue weighted by molar-refractivity contribution is -0.123. The normalized spacial score (nSPS) is 11.4. The summed E-state index contributed by atoms with van der Waals surface area (Å²) in [5.41, 5.74) is 1.05. The van der Waals surface area contributed by atoms with Crippen LogP contribution in [0.1, 0.15) is 20.8 Å². The van der Waals surface area contributed by atoms with Crippen LogP contribution in [0.5, 0.6) is 0 Å². The van der Waals surface area contributed by atoms with Crippen molar-refractivity contribution in [1.29, 1.82) is 0 Å². The molecular weight excluding hydrogens is 376 g/mol. The van der Waals surface area contributed by atoms with Crippen molar-refractivity contribution in [3.8, 4) is 0 Å². The zero-order chi connectivity index (χ0) is 18.5. The van der Waals surface area contributed by atoms with Gasteiger partial charge in [0.05, 0.1) is 5.69 Å². The van der Waals surface area contributed by atoms with Crippen LogP contribution in [0.2, 0.25) is 0 Å². The number of anilines is 1. The number of nitrogens with one attached hydrogen (secondary N) is 1. The third-order valence-electron chi connectivity index (χ3n) is 2.94. The van der Waals surface area contributed by atoms with E-state index in [1.165, 1.54) is 11.8 Å². The fourth-order valence-electron chi connectivity index (χ4n) is 1.47. The van der Waals surface area contributed by atoms with E-state index >= 15 is 0 Å². The average Bonchev–Trinajstić information content (AvgIpc) is 2.45. The smallest absolute Gasteiger partial charge is 0.229 e. The summed E-state index contributed by atoms with van der Waals surface area (Å²) in [6.07, 6.45) is 0. The molecule has 0 fully saturated rings. The van der Waals surface area contributed by atoms with Gasteiger partial charge in [0.1, 0.15) is 4.32 Å². The number of amides is 1. The molecule has 0 atom stereocenters. The average molecular weight is 403 g/mol. The first-order valence-electron chi connectivity index (χ1n) is 7.57. The van der Waals surface area contributed by atoms with Crippen LogP contribution < -0.4 is 5.32 Å². The van der Waals surface area contributed by atoms with E-state index in [4.69, 9.17) is 12.2 Å². The summed E-state index contributed by atoms with van der Waals surface area (Å²) in [7, 11) is 7.67. The van der Waals surface area contributed by atoms with Gasteiger partial charge in [-0.3, -0.25) is 4.79 Å². The Labute approximate surface area is 166 Å². The molecule has 0 aromatic heterocycles. The maximum atomic E-state index is 12.1. The summed E-state index contributed by atoms with van der Waals surface area (Å²) in [5.74, 6) is -0.0281. The summed E-state index contributed by atoms with van der Waals surface area (Å²) < 4.78 is 0.736. The first-order chi connectivity index (χ1) is 11.0. The van der Waals surface area contributed by atoms with Gasteiger partial charge in [-0.2, -0.15) is 0 Å². The minimum Gasteiger partial charge on any atom is -0.363 e. The Kier molecular flexibility index (Phi) is 9.47. The Morgan fingerprint density at radius 3 is 2.24 bits per heavy atom. The van der Waals surface area contributed by atoms with Crippen LogP contribution >= 0.6 is 36.4 Å². The van der Waals surface area contributed by atoms with Gasteiger partial charge in [-0.1, -0.05) is 39.1 Å². The monoisotopic (exact) mass is 402 g/mol. The lowest BCUT2D eigenvalue weighted by atomic mass is 9.95. The summed E-state index contributed by atoms with van der Waals surface area (Å²) in [5, 5.41) is 3.71. The summed E-state index contributed by atoms with van der Waals surface area (Å²) in [6.45, 7) is 5.65. The number of hydrogen-bond acceptors (Lipinski definition) is 4. The minimum absolute atomic E-state index is 0. The van der Waals surface area contributed by atoms with Crippen LogP contribution in [0, 0.1) is 5.41 Å². The Bertz CT molecular complexity index is 640. The number of hydrogen-bond donors (Lipinski definition) is 1. The molecule has 140 valence electrons. The Hall–Kier alpha value is -1.31. The van der Waals surface area contributed by atoms with Gasteiger partial charge in [0, 0.05) is 39.3 Å². The second kappa shape index (κ2) is 9.99. The third kappa shape index (κ3) is 8.07. The number of carbonyl (C=O) groups excluding carboxylic acids is 1. The van der Waals surface area contributed by atoms with Crippen molar-refractivity contribution >= 4 is 63.2 Å². The van der Waals surface area contributed by atoms with Crippen molar-refractivity contribution in [3.63, 3.8) is 0 Å². The van der Waals surface area contributed by atoms with Gasteiger partial charge in [0.2, 0.25) is 5.91 Å². The van der Waals surface area contributed by atoms with Gasteiger partial charge in [-0.15, -0.1) is 12.4 Å². The van der Waals surface area contributed by atoms with Gasteiger partial charge in [-0.05, 0) is 30.0 Å². The highest BCUT2D eigenvalue weighted by molar-refractivity contribution is 8.32. The van der Waals surface area contributed by atoms with Crippen LogP contribution in [0.3, 0.4) is 0 Å². The zero-order valence-electron chi connectivity index (χ0n) is 15.8. The van der Waals surface area contributed by atoms with Crippen molar-refractivity contribution in [1.82, 2.24) is 9.80 Å². The number of nitrogens with zero attached hydrogens (tertiary/aromatic N) is 3. The van der Waals surface area contributed by atoms with E-state index in [2.05, 4.69) is 10.3 Å². The van der Waals surface area contributed by atoms with Crippen LogP contribution in [0.15, 0.2) is 29.3 Å². The number of halogens is 1. The molecule has 0 unspecified atom stereocenters. The van der Waals surface area contributed by atoms with E-state index in [1.54, 1.807) is 0 Å². The van der Waals surface area contributed by atoms with Crippen molar-refractivity contribution in [2.24, 2.45) is 10.4 Å². The maximum absolute atomic E-state index is 12.1. The van der Waals surface area contributed by atoms with Crippen molar-refractivity contribution < 1.29 is 4.79 Å². The Morgan fingerprint density at radius 1 is 1.16 bits per heavy atom. The van der Waals surface area contributed by atoms with E-state index in [0.29, 0.717) is 0 Å². The van der Waals surface area contributed by atoms with Crippen LogP contribution in [-0.2, 0) is 4.79 Å². The minimum atomic E-state index is -0.443. The summed E-state index contributed by atoms with van der Waals surface area (Å²) >= 11 is 6.76. The number of benzene rings is 1. The lowest BCUT2D eigenvalue weighted by Crippen LogP contribution is -2.27. The van der Waals surface area contributed by atoms with E-state index in [1.807, 2.05) is 83.0 Å². The highest BCUT2D eigenvalue weighted by Crippen LogP contribution is 2.23. The van der Waals surface area contributed by atoms with E-state index in [9.17, 15) is 4.79 Å². The lowest BCUT2D eigenvalue weighted by Gasteiger charge is -2.19. The zero-order valence-corrected chi connectivity index (χ0v) is 18.2. The van der Waals surface area contributed by atoms with Gasteiger partial charge < -0.3 is 15.1 Å². The van der Waals surface area contributed by atoms with Gasteiger partial charge in [0.25, 0.3) is 0 Å². The molecule has 1 amide bonds. The molecule has 1 aromatic carbocycles. The van der Waals surface area contributed by atoms with Gasteiger partial charge in [-0.25, -0.2) is 4.99 Å². The fraction of sp³-hybridized carbons (Fsp3) is 0.471. The topological polar surface area (TPSA) is 47.9 Å². The van der Waals surface area contributed by atoms with Crippen molar-refractivity contribution in [2.75, 3.05) is 33.5 Å². The molecule has 0 bridgehead atoms. The largest absolute Gasteiger partial charge is 0.363 e. The second-order valence-corrected chi connectivity index (χ2v) is 8.41. The molecule has 1 aromatic rings. The molecule has 1 N–H and O–H groups in total. The molecule has 25 heavy (non-hydrogen) atoms. The molecule has 0 aliphatic rings. The van der Waals surface area contributed by atoms with E-state index < -0.39 is 5.41 Å². The quantitative estimate of drug-likeness (QED) is 0.456. The number of thioether (sulfide) groups is 1. The Morgan fingerprint density at radius 2 is 1.76 bits per heavy atom. The van der Waals surface area contributed by atoms with Gasteiger partial charge >= 0.3 is 0 Å². The Balaban J connectivity index is 0.00000576. The van der Waals surface area contributed by atoms with Crippen LogP contribution in [0.4, 0.5) is 11.4 Å².